The molecule has 1 atom stereocenters. The highest BCUT2D eigenvalue weighted by atomic mass is 79.9. The summed E-state index contributed by atoms with van der Waals surface area (Å²) < 4.78 is 1.90. The number of rotatable bonds is 5. The van der Waals surface area contributed by atoms with E-state index < -0.39 is 0 Å². The predicted molar refractivity (Wildman–Crippen MR) is 60.4 cm³/mol. The third-order valence-corrected chi connectivity index (χ3v) is 3.47. The van der Waals surface area contributed by atoms with E-state index in [1.54, 1.807) is 0 Å². The van der Waals surface area contributed by atoms with Crippen molar-refractivity contribution < 1.29 is 0 Å². The summed E-state index contributed by atoms with van der Waals surface area (Å²) in [5.41, 5.74) is 1.03. The van der Waals surface area contributed by atoms with Crippen LogP contribution in [0.1, 0.15) is 23.9 Å². The van der Waals surface area contributed by atoms with Gasteiger partial charge in [-0.2, -0.15) is 11.8 Å². The van der Waals surface area contributed by atoms with Crippen LogP contribution in [-0.2, 0) is 6.54 Å². The average Bonchev–Trinajstić information content (AvgIpc) is 2.62. The summed E-state index contributed by atoms with van der Waals surface area (Å²) >= 11 is 5.36. The van der Waals surface area contributed by atoms with Crippen LogP contribution in [0.15, 0.2) is 6.20 Å². The highest BCUT2D eigenvalue weighted by Crippen LogP contribution is 2.23. The molecule has 0 amide bonds. The van der Waals surface area contributed by atoms with E-state index in [4.69, 9.17) is 0 Å². The van der Waals surface area contributed by atoms with Gasteiger partial charge in [0.2, 0.25) is 0 Å². The van der Waals surface area contributed by atoms with Crippen molar-refractivity contribution in [1.82, 2.24) is 15.0 Å². The zero-order chi connectivity index (χ0) is 9.68. The molecule has 0 aliphatic heterocycles. The largest absolute Gasteiger partial charge is 0.251 e. The fourth-order valence-electron chi connectivity index (χ4n) is 0.960. The number of nitrogens with zero attached hydrogens (tertiary/aromatic N) is 3. The maximum atomic E-state index is 4.10. The zero-order valence-corrected chi connectivity index (χ0v) is 10.3. The average molecular weight is 264 g/mol. The molecule has 13 heavy (non-hydrogen) atoms. The zero-order valence-electron chi connectivity index (χ0n) is 7.90. The van der Waals surface area contributed by atoms with Gasteiger partial charge in [0.05, 0.1) is 17.1 Å². The Morgan fingerprint density at radius 3 is 3.08 bits per heavy atom. The SMILES string of the molecule is CCC(Br)c1cn(CCSC)nn1. The molecule has 1 unspecified atom stereocenters. The lowest BCUT2D eigenvalue weighted by atomic mass is 10.3. The Hall–Kier alpha value is -0.0300. The third kappa shape index (κ3) is 3.31. The van der Waals surface area contributed by atoms with Gasteiger partial charge in [0, 0.05) is 11.9 Å². The molecule has 5 heteroatoms. The highest BCUT2D eigenvalue weighted by molar-refractivity contribution is 9.09. The molecule has 0 bridgehead atoms. The van der Waals surface area contributed by atoms with Crippen LogP contribution in [0.5, 0.6) is 0 Å². The Bertz CT molecular complexity index is 251. The number of alkyl halides is 1. The van der Waals surface area contributed by atoms with E-state index in [2.05, 4.69) is 39.4 Å². The van der Waals surface area contributed by atoms with E-state index in [9.17, 15) is 0 Å². The first kappa shape index (κ1) is 11.0. The van der Waals surface area contributed by atoms with Gasteiger partial charge < -0.3 is 0 Å². The van der Waals surface area contributed by atoms with Crippen molar-refractivity contribution in [3.8, 4) is 0 Å². The van der Waals surface area contributed by atoms with Crippen LogP contribution in [-0.4, -0.2) is 27.0 Å². The molecule has 0 N–H and O–H groups in total. The minimum Gasteiger partial charge on any atom is -0.251 e. The number of hydrogen-bond acceptors (Lipinski definition) is 3. The van der Waals surface area contributed by atoms with Gasteiger partial charge in [-0.05, 0) is 12.7 Å². The minimum absolute atomic E-state index is 0.343. The molecule has 1 rings (SSSR count). The smallest absolute Gasteiger partial charge is 0.0963 e. The number of aryl methyl sites for hydroxylation is 1. The van der Waals surface area contributed by atoms with Gasteiger partial charge in [0.25, 0.3) is 0 Å². The molecule has 74 valence electrons. The molecule has 0 aromatic carbocycles. The van der Waals surface area contributed by atoms with E-state index in [-0.39, 0.29) is 0 Å². The first-order valence-electron chi connectivity index (χ1n) is 4.31. The monoisotopic (exact) mass is 263 g/mol. The number of halogens is 1. The van der Waals surface area contributed by atoms with Crippen LogP contribution < -0.4 is 0 Å². The molecular weight excluding hydrogens is 250 g/mol. The molecule has 0 aliphatic carbocycles. The molecule has 0 aliphatic rings. The first-order valence-corrected chi connectivity index (χ1v) is 6.62. The fourth-order valence-corrected chi connectivity index (χ4v) is 1.54. The van der Waals surface area contributed by atoms with E-state index in [0.29, 0.717) is 4.83 Å². The summed E-state index contributed by atoms with van der Waals surface area (Å²) in [6, 6.07) is 0. The summed E-state index contributed by atoms with van der Waals surface area (Å²) in [6.07, 6.45) is 5.15. The van der Waals surface area contributed by atoms with Crippen LogP contribution in [0.2, 0.25) is 0 Å². The van der Waals surface area contributed by atoms with Crippen LogP contribution in [0.3, 0.4) is 0 Å². The Labute approximate surface area is 91.4 Å². The van der Waals surface area contributed by atoms with Crippen LogP contribution in [0.25, 0.3) is 0 Å². The summed E-state index contributed by atoms with van der Waals surface area (Å²) in [5.74, 6) is 1.09. The molecule has 1 aromatic heterocycles. The summed E-state index contributed by atoms with van der Waals surface area (Å²) in [4.78, 5) is 0.343. The van der Waals surface area contributed by atoms with Crippen LogP contribution in [0.4, 0.5) is 0 Å². The maximum Gasteiger partial charge on any atom is 0.0963 e. The van der Waals surface area contributed by atoms with Gasteiger partial charge in [0.15, 0.2) is 0 Å². The van der Waals surface area contributed by atoms with Crippen molar-refractivity contribution in [2.24, 2.45) is 0 Å². The standard InChI is InChI=1S/C8H14BrN3S/c1-3-7(9)8-6-12(11-10-8)4-5-13-2/h6-7H,3-5H2,1-2H3. The van der Waals surface area contributed by atoms with E-state index >= 15 is 0 Å². The summed E-state index contributed by atoms with van der Waals surface area (Å²) in [7, 11) is 0. The van der Waals surface area contributed by atoms with Gasteiger partial charge in [-0.25, -0.2) is 0 Å². The van der Waals surface area contributed by atoms with E-state index in [0.717, 1.165) is 24.4 Å². The second kappa shape index (κ2) is 5.65. The van der Waals surface area contributed by atoms with Gasteiger partial charge >= 0.3 is 0 Å². The molecule has 1 heterocycles. The van der Waals surface area contributed by atoms with Crippen molar-refractivity contribution in [3.05, 3.63) is 11.9 Å². The summed E-state index contributed by atoms with van der Waals surface area (Å²) in [5, 5.41) is 8.14. The molecule has 0 saturated carbocycles. The van der Waals surface area contributed by atoms with Crippen molar-refractivity contribution >= 4 is 27.7 Å². The molecule has 1 aromatic rings. The fraction of sp³-hybridized carbons (Fsp3) is 0.750. The Kier molecular flexibility index (Phi) is 4.80. The van der Waals surface area contributed by atoms with E-state index in [1.165, 1.54) is 0 Å². The minimum atomic E-state index is 0.343. The topological polar surface area (TPSA) is 30.7 Å². The lowest BCUT2D eigenvalue weighted by Gasteiger charge is -1.99. The second-order valence-corrected chi connectivity index (χ2v) is 4.87. The van der Waals surface area contributed by atoms with Crippen molar-refractivity contribution in [2.45, 2.75) is 24.7 Å². The second-order valence-electron chi connectivity index (χ2n) is 2.78. The van der Waals surface area contributed by atoms with Crippen molar-refractivity contribution in [1.29, 1.82) is 0 Å². The van der Waals surface area contributed by atoms with Gasteiger partial charge in [-0.1, -0.05) is 28.1 Å². The Morgan fingerprint density at radius 1 is 1.69 bits per heavy atom. The maximum absolute atomic E-state index is 4.10. The molecule has 3 nitrogen and oxygen atoms in total. The third-order valence-electron chi connectivity index (χ3n) is 1.76. The van der Waals surface area contributed by atoms with Crippen molar-refractivity contribution in [3.63, 3.8) is 0 Å². The molecular formula is C8H14BrN3S. The van der Waals surface area contributed by atoms with Gasteiger partial charge in [-0.15, -0.1) is 5.10 Å². The number of aromatic nitrogens is 3. The molecule has 0 saturated heterocycles. The van der Waals surface area contributed by atoms with E-state index in [1.807, 2.05) is 22.6 Å². The van der Waals surface area contributed by atoms with Gasteiger partial charge in [0.1, 0.15) is 0 Å². The van der Waals surface area contributed by atoms with Crippen LogP contribution in [0, 0.1) is 0 Å². The quantitative estimate of drug-likeness (QED) is 0.765. The summed E-state index contributed by atoms with van der Waals surface area (Å²) in [6.45, 7) is 3.07. The number of thioether (sulfide) groups is 1. The van der Waals surface area contributed by atoms with Crippen molar-refractivity contribution in [2.75, 3.05) is 12.0 Å². The number of hydrogen-bond donors (Lipinski definition) is 0. The lowest BCUT2D eigenvalue weighted by molar-refractivity contribution is 0.632. The molecule has 0 spiro atoms. The van der Waals surface area contributed by atoms with Gasteiger partial charge in [-0.3, -0.25) is 4.68 Å². The Morgan fingerprint density at radius 2 is 2.46 bits per heavy atom. The lowest BCUT2D eigenvalue weighted by Crippen LogP contribution is -2.00. The molecule has 0 radical (unpaired) electrons. The first-order chi connectivity index (χ1) is 6.27. The predicted octanol–water partition coefficient (Wildman–Crippen LogP) is 2.49. The molecule has 0 fully saturated rings. The Balaban J connectivity index is 2.53. The highest BCUT2D eigenvalue weighted by Gasteiger charge is 2.08. The normalized spacial score (nSPS) is 13.2. The van der Waals surface area contributed by atoms with Crippen LogP contribution >= 0.6 is 27.7 Å².